The maximum Gasteiger partial charge on any atom is 0.322 e. The standard InChI is InChI=1S/C20H37NO3/c1-2-3-4-5-6-7-8-9-10-11-12-13-14-15-16-17-19(22)21-18-20(23)24/h9-10H,2-8,11-18H2,1H3,(H,21,22)(H,23,24)/b10-9+. The molecule has 0 spiro atoms. The molecule has 0 rings (SSSR count). The van der Waals surface area contributed by atoms with Crippen molar-refractivity contribution in [1.29, 1.82) is 0 Å². The second-order valence-corrected chi connectivity index (χ2v) is 6.50. The summed E-state index contributed by atoms with van der Waals surface area (Å²) in [5, 5.41) is 10.8. The summed E-state index contributed by atoms with van der Waals surface area (Å²) in [6, 6.07) is 0. The van der Waals surface area contributed by atoms with Crippen LogP contribution in [0, 0.1) is 0 Å². The van der Waals surface area contributed by atoms with Crippen molar-refractivity contribution in [3.63, 3.8) is 0 Å². The molecule has 0 aliphatic carbocycles. The topological polar surface area (TPSA) is 66.4 Å². The van der Waals surface area contributed by atoms with Crippen LogP contribution in [-0.2, 0) is 9.59 Å². The van der Waals surface area contributed by atoms with E-state index in [2.05, 4.69) is 24.4 Å². The first-order valence-electron chi connectivity index (χ1n) is 9.80. The molecule has 4 nitrogen and oxygen atoms in total. The van der Waals surface area contributed by atoms with Crippen molar-refractivity contribution in [2.24, 2.45) is 0 Å². The molecule has 0 aliphatic rings. The van der Waals surface area contributed by atoms with Crippen LogP contribution in [0.3, 0.4) is 0 Å². The molecule has 2 N–H and O–H groups in total. The van der Waals surface area contributed by atoms with Gasteiger partial charge in [-0.1, -0.05) is 70.4 Å². The van der Waals surface area contributed by atoms with Gasteiger partial charge in [0.25, 0.3) is 0 Å². The molecule has 0 aromatic rings. The van der Waals surface area contributed by atoms with E-state index in [9.17, 15) is 9.59 Å². The zero-order valence-corrected chi connectivity index (χ0v) is 15.5. The van der Waals surface area contributed by atoms with Gasteiger partial charge in [-0.05, 0) is 32.1 Å². The van der Waals surface area contributed by atoms with Gasteiger partial charge < -0.3 is 10.4 Å². The van der Waals surface area contributed by atoms with Gasteiger partial charge in [-0.25, -0.2) is 0 Å². The molecule has 24 heavy (non-hydrogen) atoms. The minimum atomic E-state index is -0.993. The molecule has 0 saturated heterocycles. The number of nitrogens with one attached hydrogen (secondary N) is 1. The Kier molecular flexibility index (Phi) is 17.0. The highest BCUT2D eigenvalue weighted by atomic mass is 16.4. The number of rotatable bonds is 17. The summed E-state index contributed by atoms with van der Waals surface area (Å²) in [6.07, 6.45) is 21.1. The third-order valence-corrected chi connectivity index (χ3v) is 4.10. The maximum absolute atomic E-state index is 11.3. The van der Waals surface area contributed by atoms with Crippen LogP contribution in [0.1, 0.15) is 96.8 Å². The zero-order valence-electron chi connectivity index (χ0n) is 15.5. The number of aliphatic carboxylic acids is 1. The van der Waals surface area contributed by atoms with E-state index >= 15 is 0 Å². The lowest BCUT2D eigenvalue weighted by Gasteiger charge is -2.02. The van der Waals surface area contributed by atoms with Gasteiger partial charge in [0.2, 0.25) is 5.91 Å². The van der Waals surface area contributed by atoms with Crippen LogP contribution in [0.5, 0.6) is 0 Å². The average Bonchev–Trinajstić information content (AvgIpc) is 2.56. The van der Waals surface area contributed by atoms with Crippen LogP contribution < -0.4 is 5.32 Å². The summed E-state index contributed by atoms with van der Waals surface area (Å²) >= 11 is 0. The Balaban J connectivity index is 3.20. The number of unbranched alkanes of at least 4 members (excludes halogenated alkanes) is 11. The normalized spacial score (nSPS) is 11.0. The van der Waals surface area contributed by atoms with E-state index in [1.165, 1.54) is 57.8 Å². The Labute approximate surface area is 148 Å². The van der Waals surface area contributed by atoms with Gasteiger partial charge in [0.05, 0.1) is 0 Å². The second kappa shape index (κ2) is 18.0. The molecule has 0 atom stereocenters. The molecule has 0 aromatic heterocycles. The number of allylic oxidation sites excluding steroid dienone is 2. The van der Waals surface area contributed by atoms with Gasteiger partial charge in [-0.2, -0.15) is 0 Å². The summed E-state index contributed by atoms with van der Waals surface area (Å²) in [7, 11) is 0. The molecule has 0 fully saturated rings. The number of amides is 1. The van der Waals surface area contributed by atoms with Gasteiger partial charge in [0.15, 0.2) is 0 Å². The van der Waals surface area contributed by atoms with Gasteiger partial charge in [0, 0.05) is 6.42 Å². The van der Waals surface area contributed by atoms with E-state index in [1.807, 2.05) is 0 Å². The first-order chi connectivity index (χ1) is 11.7. The lowest BCUT2D eigenvalue weighted by Crippen LogP contribution is -2.28. The van der Waals surface area contributed by atoms with Crippen LogP contribution in [0.4, 0.5) is 0 Å². The predicted octanol–water partition coefficient (Wildman–Crippen LogP) is 5.22. The molecule has 1 amide bonds. The Hall–Kier alpha value is -1.32. The Morgan fingerprint density at radius 2 is 1.29 bits per heavy atom. The Morgan fingerprint density at radius 1 is 0.792 bits per heavy atom. The van der Waals surface area contributed by atoms with Crippen molar-refractivity contribution < 1.29 is 14.7 Å². The molecule has 0 heterocycles. The van der Waals surface area contributed by atoms with E-state index in [1.54, 1.807) is 0 Å². The van der Waals surface area contributed by atoms with Crippen LogP contribution >= 0.6 is 0 Å². The van der Waals surface area contributed by atoms with Crippen molar-refractivity contribution >= 4 is 11.9 Å². The highest BCUT2D eigenvalue weighted by Crippen LogP contribution is 2.09. The zero-order chi connectivity index (χ0) is 17.9. The maximum atomic E-state index is 11.3. The summed E-state index contributed by atoms with van der Waals surface area (Å²) in [6.45, 7) is 1.98. The molecule has 140 valence electrons. The quantitative estimate of drug-likeness (QED) is 0.282. The van der Waals surface area contributed by atoms with E-state index < -0.39 is 5.97 Å². The number of hydrogen-bond acceptors (Lipinski definition) is 2. The minimum absolute atomic E-state index is 0.157. The summed E-state index contributed by atoms with van der Waals surface area (Å²) < 4.78 is 0. The third kappa shape index (κ3) is 18.7. The largest absolute Gasteiger partial charge is 0.480 e. The first-order valence-corrected chi connectivity index (χ1v) is 9.80. The fourth-order valence-corrected chi connectivity index (χ4v) is 2.62. The van der Waals surface area contributed by atoms with Crippen molar-refractivity contribution in [2.75, 3.05) is 6.54 Å². The van der Waals surface area contributed by atoms with Crippen molar-refractivity contribution in [1.82, 2.24) is 5.32 Å². The highest BCUT2D eigenvalue weighted by Gasteiger charge is 2.02. The average molecular weight is 340 g/mol. The molecular formula is C20H37NO3. The molecule has 0 bridgehead atoms. The number of carbonyl (C=O) groups excluding carboxylic acids is 1. The molecule has 0 unspecified atom stereocenters. The predicted molar refractivity (Wildman–Crippen MR) is 100 cm³/mol. The number of carbonyl (C=O) groups is 2. The second-order valence-electron chi connectivity index (χ2n) is 6.50. The number of carboxylic acids is 1. The molecule has 0 aromatic carbocycles. The van der Waals surface area contributed by atoms with Gasteiger partial charge >= 0.3 is 5.97 Å². The van der Waals surface area contributed by atoms with E-state index in [4.69, 9.17) is 5.11 Å². The van der Waals surface area contributed by atoms with Gasteiger partial charge in [-0.15, -0.1) is 0 Å². The molecular weight excluding hydrogens is 302 g/mol. The van der Waals surface area contributed by atoms with Crippen molar-refractivity contribution in [3.05, 3.63) is 12.2 Å². The fraction of sp³-hybridized carbons (Fsp3) is 0.800. The molecule has 0 aliphatic heterocycles. The summed E-state index contributed by atoms with van der Waals surface area (Å²) in [4.78, 5) is 21.6. The van der Waals surface area contributed by atoms with Crippen LogP contribution in [-0.4, -0.2) is 23.5 Å². The third-order valence-electron chi connectivity index (χ3n) is 4.10. The molecule has 0 radical (unpaired) electrons. The lowest BCUT2D eigenvalue weighted by molar-refractivity contribution is -0.137. The van der Waals surface area contributed by atoms with E-state index in [0.29, 0.717) is 6.42 Å². The van der Waals surface area contributed by atoms with Crippen LogP contribution in [0.15, 0.2) is 12.2 Å². The Morgan fingerprint density at radius 3 is 1.83 bits per heavy atom. The molecule has 4 heteroatoms. The number of carboxylic acid groups (broad SMARTS) is 1. The van der Waals surface area contributed by atoms with Crippen molar-refractivity contribution in [2.45, 2.75) is 96.8 Å². The first kappa shape index (κ1) is 22.7. The van der Waals surface area contributed by atoms with Gasteiger partial charge in [0.1, 0.15) is 6.54 Å². The monoisotopic (exact) mass is 339 g/mol. The van der Waals surface area contributed by atoms with E-state index in [0.717, 1.165) is 25.7 Å². The number of hydrogen-bond donors (Lipinski definition) is 2. The lowest BCUT2D eigenvalue weighted by atomic mass is 10.1. The smallest absolute Gasteiger partial charge is 0.322 e. The highest BCUT2D eigenvalue weighted by molar-refractivity contribution is 5.80. The van der Waals surface area contributed by atoms with Crippen molar-refractivity contribution in [3.8, 4) is 0 Å². The summed E-state index contributed by atoms with van der Waals surface area (Å²) in [5.41, 5.74) is 0. The van der Waals surface area contributed by atoms with Gasteiger partial charge in [-0.3, -0.25) is 9.59 Å². The fourth-order valence-electron chi connectivity index (χ4n) is 2.62. The summed E-state index contributed by atoms with van der Waals surface area (Å²) in [5.74, 6) is -1.15. The minimum Gasteiger partial charge on any atom is -0.480 e. The van der Waals surface area contributed by atoms with E-state index in [-0.39, 0.29) is 12.5 Å². The SMILES string of the molecule is CCCCCCCC/C=C/CCCCCCCC(=O)NCC(=O)O. The Bertz CT molecular complexity index is 340. The van der Waals surface area contributed by atoms with Crippen LogP contribution in [0.25, 0.3) is 0 Å². The molecule has 0 saturated carbocycles. The van der Waals surface area contributed by atoms with Crippen LogP contribution in [0.2, 0.25) is 0 Å².